The molecular formula is C53H67N4O12S2+. The Kier molecular flexibility index (Phi) is 15.3. The number of nitrogens with zero attached hydrogens (tertiary/aromatic N) is 3. The number of oxime groups is 1. The molecule has 0 spiro atoms. The summed E-state index contributed by atoms with van der Waals surface area (Å²) < 4.78 is 64.1. The van der Waals surface area contributed by atoms with E-state index in [-0.39, 0.29) is 71.9 Å². The summed E-state index contributed by atoms with van der Waals surface area (Å²) in [6.45, 7) is 5.87. The number of rotatable bonds is 19. The van der Waals surface area contributed by atoms with Gasteiger partial charge >= 0.3 is 0 Å². The first-order valence-electron chi connectivity index (χ1n) is 24.9. The largest absolute Gasteiger partial charge is 0.396 e. The molecule has 4 aromatic rings. The van der Waals surface area contributed by atoms with Gasteiger partial charge in [0.25, 0.3) is 26.0 Å². The highest BCUT2D eigenvalue weighted by molar-refractivity contribution is 7.89. The number of para-hydroxylation sites is 2. The molecule has 3 aromatic carbocycles. The van der Waals surface area contributed by atoms with Crippen LogP contribution >= 0.6 is 0 Å². The minimum absolute atomic E-state index is 0.00947. The van der Waals surface area contributed by atoms with Crippen LogP contribution in [0, 0.1) is 35.5 Å². The summed E-state index contributed by atoms with van der Waals surface area (Å²) in [6, 6.07) is 20.2. The fourth-order valence-corrected chi connectivity index (χ4v) is 14.7. The van der Waals surface area contributed by atoms with E-state index in [1.165, 1.54) is 17.7 Å². The van der Waals surface area contributed by atoms with Gasteiger partial charge < -0.3 is 25.5 Å². The summed E-state index contributed by atoms with van der Waals surface area (Å²) in [6.07, 6.45) is 7.18. The summed E-state index contributed by atoms with van der Waals surface area (Å²) in [5.41, 5.74) is 1.54. The van der Waals surface area contributed by atoms with Crippen molar-refractivity contribution in [2.24, 2.45) is 33.7 Å². The van der Waals surface area contributed by atoms with Crippen molar-refractivity contribution in [1.29, 1.82) is 0 Å². The van der Waals surface area contributed by atoms with Crippen LogP contribution < -0.4 is 9.88 Å². The number of nitrogens with one attached hydrogen (secondary N) is 1. The smallest absolute Gasteiger partial charge is 0.269 e. The first kappa shape index (κ1) is 52.2. The molecule has 0 saturated heterocycles. The van der Waals surface area contributed by atoms with E-state index in [1.54, 1.807) is 60.7 Å². The number of hydrogen-bond acceptors (Lipinski definition) is 12. The molecule has 16 nitrogen and oxygen atoms in total. The molecule has 71 heavy (non-hydrogen) atoms. The maximum Gasteiger partial charge on any atom is 0.269 e. The molecular weight excluding hydrogens is 949 g/mol. The molecule has 3 fully saturated rings. The predicted octanol–water partition coefficient (Wildman–Crippen LogP) is 5.97. The Morgan fingerprint density at radius 2 is 1.56 bits per heavy atom. The average molecular weight is 1020 g/mol. The number of benzene rings is 3. The molecule has 1 aromatic heterocycles. The van der Waals surface area contributed by atoms with Gasteiger partial charge in [-0.2, -0.15) is 13.0 Å². The topological polar surface area (TPSA) is 241 Å². The molecule has 0 bridgehead atoms. The van der Waals surface area contributed by atoms with Gasteiger partial charge in [-0.15, -0.1) is 0 Å². The number of Topliss-reactive ketones (excluding diaryl/α,β-unsaturated/α-hetero) is 1. The Balaban J connectivity index is 0.866. The first-order valence-corrected chi connectivity index (χ1v) is 27.9. The van der Waals surface area contributed by atoms with Crippen LogP contribution in [0.3, 0.4) is 0 Å². The van der Waals surface area contributed by atoms with Crippen LogP contribution in [-0.4, -0.2) is 108 Å². The highest BCUT2D eigenvalue weighted by Gasteiger charge is 2.68. The zero-order valence-corrected chi connectivity index (χ0v) is 42.4. The summed E-state index contributed by atoms with van der Waals surface area (Å²) in [5.74, 6) is -1.86. The molecule has 4 aliphatic rings. The van der Waals surface area contributed by atoms with Gasteiger partial charge in [-0.1, -0.05) is 66.5 Å². The van der Waals surface area contributed by atoms with E-state index in [0.717, 1.165) is 34.8 Å². The Bertz CT molecular complexity index is 2920. The van der Waals surface area contributed by atoms with Gasteiger partial charge in [-0.25, -0.2) is 12.7 Å². The van der Waals surface area contributed by atoms with E-state index in [4.69, 9.17) is 4.84 Å². The van der Waals surface area contributed by atoms with E-state index in [2.05, 4.69) is 23.5 Å². The summed E-state index contributed by atoms with van der Waals surface area (Å²) >= 11 is 0. The number of aromatic nitrogens is 1. The molecule has 0 radical (unpaired) electrons. The number of aryl methyl sites for hydroxylation is 2. The van der Waals surface area contributed by atoms with Crippen LogP contribution in [0.4, 0.5) is 0 Å². The minimum Gasteiger partial charge on any atom is -0.396 e. The van der Waals surface area contributed by atoms with E-state index in [0.29, 0.717) is 73.5 Å². The maximum absolute atomic E-state index is 14.9. The highest BCUT2D eigenvalue weighted by atomic mass is 32.2. The van der Waals surface area contributed by atoms with Crippen LogP contribution in [0.15, 0.2) is 94.5 Å². The molecule has 0 aliphatic heterocycles. The summed E-state index contributed by atoms with van der Waals surface area (Å²) in [4.78, 5) is 46.4. The number of fused-ring (bicyclic) bond motifs is 7. The van der Waals surface area contributed by atoms with Crippen LogP contribution in [0.5, 0.6) is 0 Å². The fourth-order valence-electron chi connectivity index (χ4n) is 12.8. The average Bonchev–Trinajstić information content (AvgIpc) is 3.61. The third kappa shape index (κ3) is 10.2. The molecule has 7 atom stereocenters. The zero-order chi connectivity index (χ0) is 50.9. The van der Waals surface area contributed by atoms with Crippen LogP contribution in [0.1, 0.15) is 107 Å². The number of aliphatic hydroxyl groups is 3. The second-order valence-corrected chi connectivity index (χ2v) is 24.0. The van der Waals surface area contributed by atoms with Gasteiger partial charge in [-0.05, 0) is 125 Å². The molecule has 18 heteroatoms. The monoisotopic (exact) mass is 1020 g/mol. The van der Waals surface area contributed by atoms with E-state index >= 15 is 0 Å². The van der Waals surface area contributed by atoms with E-state index in [9.17, 15) is 51.1 Å². The normalized spacial score (nSPS) is 26.9. The van der Waals surface area contributed by atoms with Crippen molar-refractivity contribution < 1.29 is 60.5 Å². The minimum atomic E-state index is -4.42. The van der Waals surface area contributed by atoms with Gasteiger partial charge in [0, 0.05) is 43.5 Å². The molecule has 382 valence electrons. The molecule has 8 rings (SSSR count). The van der Waals surface area contributed by atoms with Crippen LogP contribution in [0.25, 0.3) is 21.8 Å². The first-order chi connectivity index (χ1) is 33.7. The Morgan fingerprint density at radius 1 is 0.887 bits per heavy atom. The van der Waals surface area contributed by atoms with Crippen molar-refractivity contribution in [2.75, 3.05) is 32.1 Å². The fraction of sp³-hybridized carbons (Fsp3) is 0.528. The number of sulfonamides is 1. The third-order valence-corrected chi connectivity index (χ3v) is 19.0. The summed E-state index contributed by atoms with van der Waals surface area (Å²) in [5, 5.41) is 41.2. The van der Waals surface area contributed by atoms with Gasteiger partial charge in [0.05, 0.1) is 38.8 Å². The summed E-state index contributed by atoms with van der Waals surface area (Å²) in [7, 11) is -8.64. The van der Waals surface area contributed by atoms with E-state index in [1.807, 2.05) is 18.4 Å². The Morgan fingerprint density at radius 3 is 2.23 bits per heavy atom. The molecule has 5 N–H and O–H groups in total. The standard InChI is InChI=1S/C53H66N4O12S2/c1-35-17-20-38(21-18-35)71(67,68)57(50(62)48-40-12-4-6-14-43(40)56(28-11-31-70(64,65)66)44-15-7-5-13-41(44)48)29-10-16-47(61)54-27-8-9-30-69-55-37-23-25-51(2)36(32-37)19-22-39-42-24-26-53(63,46(60)34-58)52(42,3)33-45(59)49(39)51/h4-7,12-15,17-18,20-21,32,39,42,45,49,58-59,63H,8-11,16,19,22-31,33-34H2,1-3H3,(H-,54,61,64,65,66)/p+1/b55-37+/t39-,42-,45-,49+,51-,52-,53-/m0/s1. The maximum atomic E-state index is 14.9. The van der Waals surface area contributed by atoms with Crippen molar-refractivity contribution in [3.63, 3.8) is 0 Å². The molecule has 1 heterocycles. The number of aliphatic hydroxyl groups excluding tert-OH is 2. The Labute approximate surface area is 416 Å². The SMILES string of the molecule is Cc1ccc(S(=O)(=O)N(CCCC(=O)NCCCCO/N=C2/C=C3CC[C@@H]4[C@H]([C@@H](O)C[C@@]5(C)[C@H]4CC[C@]5(O)C(=O)CO)[C@@]3(C)CC2)C(=O)c2c3ccccc3[n+](CCCS(=O)(=O)O)c3ccccc23)cc1. The number of carbonyl (C=O) groups is 3. The quantitative estimate of drug-likeness (QED) is 0.0240. The lowest BCUT2D eigenvalue weighted by Crippen LogP contribution is -2.62. The van der Waals surface area contributed by atoms with Crippen molar-refractivity contribution in [1.82, 2.24) is 9.62 Å². The number of unbranched alkanes of at least 4 members (excludes halogenated alkanes) is 1. The number of amides is 2. The van der Waals surface area contributed by atoms with Crippen molar-refractivity contribution >= 4 is 65.3 Å². The third-order valence-electron chi connectivity index (χ3n) is 16.4. The lowest BCUT2D eigenvalue weighted by Gasteiger charge is -2.60. The lowest BCUT2D eigenvalue weighted by atomic mass is 9.45. The van der Waals surface area contributed by atoms with Crippen LogP contribution in [-0.2, 0) is 41.1 Å². The molecule has 0 unspecified atom stereocenters. The predicted molar refractivity (Wildman–Crippen MR) is 267 cm³/mol. The van der Waals surface area contributed by atoms with Crippen molar-refractivity contribution in [3.05, 3.63) is 95.6 Å². The van der Waals surface area contributed by atoms with Gasteiger partial charge in [0.2, 0.25) is 16.9 Å². The molecule has 3 saturated carbocycles. The number of pyridine rings is 1. The zero-order valence-electron chi connectivity index (χ0n) is 40.8. The molecule has 4 aliphatic carbocycles. The highest BCUT2D eigenvalue weighted by Crippen LogP contribution is 2.67. The van der Waals surface area contributed by atoms with Crippen LogP contribution in [0.2, 0.25) is 0 Å². The van der Waals surface area contributed by atoms with Crippen molar-refractivity contribution in [3.8, 4) is 0 Å². The number of carbonyl (C=O) groups excluding carboxylic acids is 3. The second kappa shape index (κ2) is 20.8. The number of hydrogen-bond donors (Lipinski definition) is 5. The van der Waals surface area contributed by atoms with Gasteiger partial charge in [-0.3, -0.25) is 18.9 Å². The van der Waals surface area contributed by atoms with Gasteiger partial charge in [0.15, 0.2) is 12.3 Å². The number of allylic oxidation sites excluding steroid dienone is 2. The Hall–Kier alpha value is -5.11. The molecule has 2 amide bonds. The van der Waals surface area contributed by atoms with Crippen molar-refractivity contribution in [2.45, 2.75) is 121 Å². The number of ketones is 1. The van der Waals surface area contributed by atoms with Gasteiger partial charge in [0.1, 0.15) is 18.8 Å². The second-order valence-electron chi connectivity index (χ2n) is 20.6. The lowest BCUT2D eigenvalue weighted by molar-refractivity contribution is -0.645. The van der Waals surface area contributed by atoms with E-state index < -0.39 is 61.3 Å².